The Morgan fingerprint density at radius 2 is 2.14 bits per heavy atom. The molecule has 6 heteroatoms. The second-order valence-corrected chi connectivity index (χ2v) is 7.87. The lowest BCUT2D eigenvalue weighted by Crippen LogP contribution is -2.54. The van der Waals surface area contributed by atoms with E-state index in [0.717, 1.165) is 24.1 Å². The smallest absolute Gasteiger partial charge is 0.327 e. The van der Waals surface area contributed by atoms with Gasteiger partial charge in [0.15, 0.2) is 0 Å². The first-order valence-corrected chi connectivity index (χ1v) is 9.04. The zero-order chi connectivity index (χ0) is 15.0. The van der Waals surface area contributed by atoms with Crippen molar-refractivity contribution in [2.24, 2.45) is 17.8 Å². The van der Waals surface area contributed by atoms with Gasteiger partial charge in [-0.25, -0.2) is 9.59 Å². The number of amides is 2. The van der Waals surface area contributed by atoms with E-state index in [1.165, 1.54) is 25.7 Å². The lowest BCUT2D eigenvalue weighted by Gasteiger charge is -2.37. The van der Waals surface area contributed by atoms with E-state index in [-0.39, 0.29) is 6.03 Å². The Kier molecular flexibility index (Phi) is 4.33. The van der Waals surface area contributed by atoms with Crippen molar-refractivity contribution < 1.29 is 14.7 Å². The second-order valence-electron chi connectivity index (χ2n) is 6.72. The van der Waals surface area contributed by atoms with Gasteiger partial charge in [-0.2, -0.15) is 11.8 Å². The first-order chi connectivity index (χ1) is 10.1. The third-order valence-electron chi connectivity index (χ3n) is 5.38. The van der Waals surface area contributed by atoms with Crippen LogP contribution in [0.25, 0.3) is 0 Å². The molecule has 3 aliphatic rings. The molecule has 3 rings (SSSR count). The molecule has 0 radical (unpaired) electrons. The van der Waals surface area contributed by atoms with Crippen LogP contribution in [-0.2, 0) is 4.79 Å². The summed E-state index contributed by atoms with van der Waals surface area (Å²) in [6, 6.07) is -0.774. The molecule has 4 unspecified atom stereocenters. The van der Waals surface area contributed by atoms with Crippen molar-refractivity contribution in [2.45, 2.75) is 31.7 Å². The number of rotatable bonds is 3. The lowest BCUT2D eigenvalue weighted by atomic mass is 9.88. The second kappa shape index (κ2) is 6.07. The van der Waals surface area contributed by atoms with Crippen molar-refractivity contribution >= 4 is 23.8 Å². The minimum absolute atomic E-state index is 0.106. The molecule has 1 saturated heterocycles. The Balaban J connectivity index is 1.59. The Hall–Kier alpha value is -0.910. The maximum absolute atomic E-state index is 12.6. The molecule has 0 spiro atoms. The van der Waals surface area contributed by atoms with Crippen LogP contribution in [0.4, 0.5) is 4.79 Å². The molecule has 3 fully saturated rings. The molecule has 118 valence electrons. The molecule has 4 atom stereocenters. The molecule has 2 amide bonds. The van der Waals surface area contributed by atoms with Crippen molar-refractivity contribution in [3.63, 3.8) is 0 Å². The summed E-state index contributed by atoms with van der Waals surface area (Å²) in [6.07, 6.45) is 5.27. The van der Waals surface area contributed by atoms with Crippen LogP contribution in [0.15, 0.2) is 0 Å². The average molecular weight is 312 g/mol. The van der Waals surface area contributed by atoms with Gasteiger partial charge in [-0.1, -0.05) is 6.42 Å². The largest absolute Gasteiger partial charge is 0.480 e. The molecule has 0 aromatic heterocycles. The predicted octanol–water partition coefficient (Wildman–Crippen LogP) is 1.98. The van der Waals surface area contributed by atoms with Crippen LogP contribution in [0.3, 0.4) is 0 Å². The van der Waals surface area contributed by atoms with Crippen molar-refractivity contribution in [3.05, 3.63) is 0 Å². The van der Waals surface area contributed by atoms with Gasteiger partial charge in [-0.3, -0.25) is 0 Å². The quantitative estimate of drug-likeness (QED) is 0.865. The van der Waals surface area contributed by atoms with Gasteiger partial charge in [0.1, 0.15) is 6.04 Å². The number of fused-ring (bicyclic) bond motifs is 2. The summed E-state index contributed by atoms with van der Waals surface area (Å²) in [5, 5.41) is 9.28. The predicted molar refractivity (Wildman–Crippen MR) is 82.4 cm³/mol. The summed E-state index contributed by atoms with van der Waals surface area (Å²) < 4.78 is 0. The number of carboxylic acids is 1. The molecule has 5 nitrogen and oxygen atoms in total. The third-order valence-corrected chi connectivity index (χ3v) is 6.40. The van der Waals surface area contributed by atoms with E-state index >= 15 is 0 Å². The topological polar surface area (TPSA) is 60.9 Å². The number of carbonyl (C=O) groups is 2. The maximum Gasteiger partial charge on any atom is 0.327 e. The van der Waals surface area contributed by atoms with Crippen LogP contribution in [0.5, 0.6) is 0 Å². The lowest BCUT2D eigenvalue weighted by molar-refractivity contribution is -0.141. The minimum atomic E-state index is -0.885. The SMILES string of the molecule is CN(CC1CC2CCC1C2)C(=O)N1CCSCC1C(=O)O. The van der Waals surface area contributed by atoms with Crippen LogP contribution < -0.4 is 0 Å². The highest BCUT2D eigenvalue weighted by atomic mass is 32.2. The van der Waals surface area contributed by atoms with Gasteiger partial charge in [0.25, 0.3) is 0 Å². The molecule has 1 heterocycles. The zero-order valence-electron chi connectivity index (χ0n) is 12.5. The summed E-state index contributed by atoms with van der Waals surface area (Å²) in [4.78, 5) is 27.2. The molecule has 1 N–H and O–H groups in total. The number of carboxylic acid groups (broad SMARTS) is 1. The van der Waals surface area contributed by atoms with Gasteiger partial charge in [0.05, 0.1) is 0 Å². The molecule has 2 saturated carbocycles. The Labute approximate surface area is 130 Å². The molecule has 21 heavy (non-hydrogen) atoms. The van der Waals surface area contributed by atoms with E-state index in [9.17, 15) is 14.7 Å². The maximum atomic E-state index is 12.6. The van der Waals surface area contributed by atoms with Crippen LogP contribution in [0.1, 0.15) is 25.7 Å². The molecular weight excluding hydrogens is 288 g/mol. The fraction of sp³-hybridized carbons (Fsp3) is 0.867. The van der Waals surface area contributed by atoms with E-state index in [2.05, 4.69) is 0 Å². The number of carbonyl (C=O) groups excluding carboxylic acids is 1. The van der Waals surface area contributed by atoms with Crippen molar-refractivity contribution in [3.8, 4) is 0 Å². The van der Waals surface area contributed by atoms with Crippen molar-refractivity contribution in [2.75, 3.05) is 31.6 Å². The average Bonchev–Trinajstić information content (AvgIpc) is 3.09. The van der Waals surface area contributed by atoms with Gasteiger partial charge >= 0.3 is 12.0 Å². The number of hydrogen-bond acceptors (Lipinski definition) is 3. The molecular formula is C15H24N2O3S. The van der Waals surface area contributed by atoms with Gasteiger partial charge in [0, 0.05) is 31.6 Å². The third kappa shape index (κ3) is 3.00. The van der Waals surface area contributed by atoms with Crippen LogP contribution in [0.2, 0.25) is 0 Å². The molecule has 0 aromatic carbocycles. The first kappa shape index (κ1) is 15.0. The standard InChI is InChI=1S/C15H24N2O3S/c1-16(8-12-7-10-2-3-11(12)6-10)15(20)17-4-5-21-9-13(17)14(18)19/h10-13H,2-9H2,1H3,(H,18,19). The fourth-order valence-electron chi connectivity index (χ4n) is 4.29. The highest BCUT2D eigenvalue weighted by Gasteiger charge is 2.41. The normalized spacial score (nSPS) is 35.0. The molecule has 1 aliphatic heterocycles. The number of hydrogen-bond donors (Lipinski definition) is 1. The van der Waals surface area contributed by atoms with E-state index in [1.807, 2.05) is 7.05 Å². The summed E-state index contributed by atoms with van der Waals surface area (Å²) in [6.45, 7) is 1.33. The van der Waals surface area contributed by atoms with E-state index < -0.39 is 12.0 Å². The van der Waals surface area contributed by atoms with Crippen LogP contribution in [-0.4, -0.2) is 64.6 Å². The summed E-state index contributed by atoms with van der Waals surface area (Å²) in [5.74, 6) is 2.74. The van der Waals surface area contributed by atoms with Gasteiger partial charge < -0.3 is 14.9 Å². The van der Waals surface area contributed by atoms with Crippen LogP contribution >= 0.6 is 11.8 Å². The summed E-state index contributed by atoms with van der Waals surface area (Å²) in [7, 11) is 1.83. The molecule has 2 aliphatic carbocycles. The van der Waals surface area contributed by atoms with E-state index in [0.29, 0.717) is 18.2 Å². The fourth-order valence-corrected chi connectivity index (χ4v) is 5.32. The van der Waals surface area contributed by atoms with E-state index in [4.69, 9.17) is 0 Å². The Morgan fingerprint density at radius 3 is 2.76 bits per heavy atom. The minimum Gasteiger partial charge on any atom is -0.480 e. The Morgan fingerprint density at radius 1 is 1.33 bits per heavy atom. The number of aliphatic carboxylic acids is 1. The van der Waals surface area contributed by atoms with Gasteiger partial charge in [-0.05, 0) is 37.0 Å². The number of urea groups is 1. The zero-order valence-corrected chi connectivity index (χ0v) is 13.3. The first-order valence-electron chi connectivity index (χ1n) is 7.88. The monoisotopic (exact) mass is 312 g/mol. The summed E-state index contributed by atoms with van der Waals surface area (Å²) >= 11 is 1.61. The Bertz CT molecular complexity index is 431. The van der Waals surface area contributed by atoms with Gasteiger partial charge in [0.2, 0.25) is 0 Å². The van der Waals surface area contributed by atoms with Crippen molar-refractivity contribution in [1.29, 1.82) is 0 Å². The molecule has 0 aromatic rings. The van der Waals surface area contributed by atoms with Crippen molar-refractivity contribution in [1.82, 2.24) is 9.80 Å². The summed E-state index contributed by atoms with van der Waals surface area (Å²) in [5.41, 5.74) is 0. The highest BCUT2D eigenvalue weighted by Crippen LogP contribution is 2.48. The number of nitrogens with zero attached hydrogens (tertiary/aromatic N) is 2. The highest BCUT2D eigenvalue weighted by molar-refractivity contribution is 7.99. The van der Waals surface area contributed by atoms with Crippen LogP contribution in [0, 0.1) is 17.8 Å². The molecule has 2 bridgehead atoms. The van der Waals surface area contributed by atoms with Gasteiger partial charge in [-0.15, -0.1) is 0 Å². The van der Waals surface area contributed by atoms with E-state index in [1.54, 1.807) is 21.6 Å². The number of thioether (sulfide) groups is 1.